The van der Waals surface area contributed by atoms with E-state index in [0.29, 0.717) is 5.46 Å². The third-order valence-electron chi connectivity index (χ3n) is 1.67. The van der Waals surface area contributed by atoms with Crippen molar-refractivity contribution in [3.63, 3.8) is 0 Å². The fourth-order valence-electron chi connectivity index (χ4n) is 1.10. The number of benzene rings is 1. The summed E-state index contributed by atoms with van der Waals surface area (Å²) in [5.41, 5.74) is 0.981. The second kappa shape index (κ2) is 2.20. The molecule has 2 radical (unpaired) electrons. The van der Waals surface area contributed by atoms with Crippen LogP contribution >= 0.6 is 0 Å². The van der Waals surface area contributed by atoms with Gasteiger partial charge in [0, 0.05) is 0 Å². The Morgan fingerprint density at radius 1 is 1.08 bits per heavy atom. The second-order valence-corrected chi connectivity index (χ2v) is 2.48. The SMILES string of the molecule is [B]c1ccc2c(c1)C(=O)OC2=O. The van der Waals surface area contributed by atoms with E-state index in [0.717, 1.165) is 0 Å². The molecule has 2 rings (SSSR count). The first kappa shape index (κ1) is 7.09. The molecule has 1 aliphatic heterocycles. The Kier molecular flexibility index (Phi) is 1.30. The summed E-state index contributed by atoms with van der Waals surface area (Å²) in [5.74, 6) is -1.22. The minimum absolute atomic E-state index is 0.250. The number of rotatable bonds is 0. The maximum atomic E-state index is 10.9. The second-order valence-electron chi connectivity index (χ2n) is 2.48. The molecule has 0 spiro atoms. The third kappa shape index (κ3) is 0.846. The third-order valence-corrected chi connectivity index (χ3v) is 1.67. The maximum Gasteiger partial charge on any atom is 0.346 e. The van der Waals surface area contributed by atoms with Gasteiger partial charge in [-0.05, 0) is 6.07 Å². The average molecular weight is 158 g/mol. The van der Waals surface area contributed by atoms with Gasteiger partial charge in [0.25, 0.3) is 0 Å². The monoisotopic (exact) mass is 158 g/mol. The predicted molar refractivity (Wildman–Crippen MR) is 41.6 cm³/mol. The van der Waals surface area contributed by atoms with Crippen molar-refractivity contribution in [1.82, 2.24) is 0 Å². The van der Waals surface area contributed by atoms with Crippen LogP contribution in [0.5, 0.6) is 0 Å². The lowest BCUT2D eigenvalue weighted by atomic mass is 9.93. The van der Waals surface area contributed by atoms with Crippen LogP contribution in [-0.4, -0.2) is 19.8 Å². The smallest absolute Gasteiger partial charge is 0.346 e. The molecule has 0 fully saturated rings. The fourth-order valence-corrected chi connectivity index (χ4v) is 1.10. The maximum absolute atomic E-state index is 10.9. The van der Waals surface area contributed by atoms with E-state index in [-0.39, 0.29) is 11.1 Å². The molecular formula is C8H3BO3. The molecule has 0 atom stereocenters. The van der Waals surface area contributed by atoms with Crippen LogP contribution in [0.25, 0.3) is 0 Å². The van der Waals surface area contributed by atoms with Gasteiger partial charge in [0.1, 0.15) is 7.85 Å². The number of carbonyl (C=O) groups excluding carboxylic acids is 2. The highest BCUT2D eigenvalue weighted by atomic mass is 16.6. The van der Waals surface area contributed by atoms with Crippen molar-refractivity contribution < 1.29 is 14.3 Å². The number of ether oxygens (including phenoxy) is 1. The molecule has 1 heterocycles. The molecule has 0 saturated heterocycles. The molecule has 0 saturated carbocycles. The van der Waals surface area contributed by atoms with E-state index in [1.54, 1.807) is 6.07 Å². The molecule has 0 N–H and O–H groups in total. The molecule has 56 valence electrons. The van der Waals surface area contributed by atoms with Crippen LogP contribution in [-0.2, 0) is 4.74 Å². The molecule has 1 aliphatic rings. The minimum atomic E-state index is -0.623. The first-order valence-electron chi connectivity index (χ1n) is 3.34. The summed E-state index contributed by atoms with van der Waals surface area (Å²) >= 11 is 0. The lowest BCUT2D eigenvalue weighted by Crippen LogP contribution is -2.05. The highest BCUT2D eigenvalue weighted by Gasteiger charge is 2.28. The van der Waals surface area contributed by atoms with Crippen molar-refractivity contribution in [2.45, 2.75) is 0 Å². The van der Waals surface area contributed by atoms with E-state index >= 15 is 0 Å². The van der Waals surface area contributed by atoms with Crippen LogP contribution in [0.3, 0.4) is 0 Å². The Hall–Kier alpha value is -1.58. The van der Waals surface area contributed by atoms with E-state index in [2.05, 4.69) is 4.74 Å². The zero-order valence-corrected chi connectivity index (χ0v) is 6.03. The van der Waals surface area contributed by atoms with Gasteiger partial charge in [-0.25, -0.2) is 9.59 Å². The van der Waals surface area contributed by atoms with E-state index < -0.39 is 11.9 Å². The summed E-state index contributed by atoms with van der Waals surface area (Å²) in [6.07, 6.45) is 0. The molecule has 12 heavy (non-hydrogen) atoms. The number of hydrogen-bond acceptors (Lipinski definition) is 3. The van der Waals surface area contributed by atoms with Gasteiger partial charge in [0.2, 0.25) is 0 Å². The Labute approximate surface area is 69.7 Å². The molecule has 1 aromatic carbocycles. The number of fused-ring (bicyclic) bond motifs is 1. The number of cyclic esters (lactones) is 2. The van der Waals surface area contributed by atoms with Crippen molar-refractivity contribution in [2.24, 2.45) is 0 Å². The van der Waals surface area contributed by atoms with Gasteiger partial charge in [-0.1, -0.05) is 17.6 Å². The summed E-state index contributed by atoms with van der Waals surface area (Å²) in [7, 11) is 5.42. The summed E-state index contributed by atoms with van der Waals surface area (Å²) in [5, 5.41) is 0. The van der Waals surface area contributed by atoms with E-state index in [9.17, 15) is 9.59 Å². The first-order valence-corrected chi connectivity index (χ1v) is 3.34. The Bertz CT molecular complexity index is 384. The fraction of sp³-hybridized carbons (Fsp3) is 0. The lowest BCUT2D eigenvalue weighted by Gasteiger charge is -1.92. The van der Waals surface area contributed by atoms with Crippen LogP contribution < -0.4 is 5.46 Å². The first-order chi connectivity index (χ1) is 5.68. The number of carbonyl (C=O) groups is 2. The minimum Gasteiger partial charge on any atom is -0.386 e. The lowest BCUT2D eigenvalue weighted by molar-refractivity contribution is 0.0444. The van der Waals surface area contributed by atoms with Crippen LogP contribution in [0.2, 0.25) is 0 Å². The van der Waals surface area contributed by atoms with Gasteiger partial charge in [-0.2, -0.15) is 0 Å². The molecule has 0 unspecified atom stereocenters. The zero-order valence-electron chi connectivity index (χ0n) is 6.03. The van der Waals surface area contributed by atoms with Crippen LogP contribution in [0.4, 0.5) is 0 Å². The Morgan fingerprint density at radius 2 is 1.75 bits per heavy atom. The standard InChI is InChI=1S/C8H3BO3/c9-4-1-2-5-6(3-4)8(11)12-7(5)10/h1-3H. The molecule has 0 aliphatic carbocycles. The van der Waals surface area contributed by atoms with Gasteiger partial charge < -0.3 is 4.74 Å². The van der Waals surface area contributed by atoms with Crippen molar-refractivity contribution in [2.75, 3.05) is 0 Å². The van der Waals surface area contributed by atoms with Crippen LogP contribution in [0, 0.1) is 0 Å². The number of esters is 2. The zero-order chi connectivity index (χ0) is 8.72. The molecule has 0 bridgehead atoms. The van der Waals surface area contributed by atoms with E-state index in [4.69, 9.17) is 7.85 Å². The number of hydrogen-bond donors (Lipinski definition) is 0. The Balaban J connectivity index is 2.68. The highest BCUT2D eigenvalue weighted by molar-refractivity contribution is 6.33. The van der Waals surface area contributed by atoms with Gasteiger partial charge in [-0.3, -0.25) is 0 Å². The average Bonchev–Trinajstić information content (AvgIpc) is 2.28. The van der Waals surface area contributed by atoms with Gasteiger partial charge in [-0.15, -0.1) is 0 Å². The summed E-state index contributed by atoms with van der Waals surface area (Å²) in [6, 6.07) is 4.47. The molecule has 0 aromatic heterocycles. The summed E-state index contributed by atoms with van der Waals surface area (Å²) in [6.45, 7) is 0. The normalized spacial score (nSPS) is 14.3. The van der Waals surface area contributed by atoms with Crippen LogP contribution in [0.1, 0.15) is 20.7 Å². The molecule has 4 heteroatoms. The van der Waals surface area contributed by atoms with E-state index in [1.807, 2.05) is 0 Å². The van der Waals surface area contributed by atoms with Gasteiger partial charge in [0.15, 0.2) is 0 Å². The quantitative estimate of drug-likeness (QED) is 0.298. The summed E-state index contributed by atoms with van der Waals surface area (Å²) < 4.78 is 4.35. The highest BCUT2D eigenvalue weighted by Crippen LogP contribution is 2.17. The van der Waals surface area contributed by atoms with Crippen molar-refractivity contribution in [1.29, 1.82) is 0 Å². The van der Waals surface area contributed by atoms with Crippen molar-refractivity contribution in [3.8, 4) is 0 Å². The van der Waals surface area contributed by atoms with Crippen molar-refractivity contribution in [3.05, 3.63) is 29.3 Å². The van der Waals surface area contributed by atoms with Crippen LogP contribution in [0.15, 0.2) is 18.2 Å². The van der Waals surface area contributed by atoms with Gasteiger partial charge >= 0.3 is 11.9 Å². The van der Waals surface area contributed by atoms with Crippen molar-refractivity contribution >= 4 is 25.2 Å². The predicted octanol–water partition coefficient (Wildman–Crippen LogP) is -0.209. The van der Waals surface area contributed by atoms with E-state index in [1.165, 1.54) is 12.1 Å². The Morgan fingerprint density at radius 3 is 2.50 bits per heavy atom. The molecule has 0 amide bonds. The molecule has 1 aromatic rings. The largest absolute Gasteiger partial charge is 0.386 e. The summed E-state index contributed by atoms with van der Waals surface area (Å²) in [4.78, 5) is 21.8. The topological polar surface area (TPSA) is 43.4 Å². The molecule has 3 nitrogen and oxygen atoms in total. The molecular weight excluding hydrogens is 155 g/mol. The van der Waals surface area contributed by atoms with Gasteiger partial charge in [0.05, 0.1) is 11.1 Å².